The summed E-state index contributed by atoms with van der Waals surface area (Å²) in [5.74, 6) is -0.792. The molecule has 0 bridgehead atoms. The molecular weight excluding hydrogens is 200 g/mol. The molecule has 0 radical (unpaired) electrons. The lowest BCUT2D eigenvalue weighted by molar-refractivity contribution is -0.147. The van der Waals surface area contributed by atoms with Crippen LogP contribution in [0.5, 0.6) is 0 Å². The van der Waals surface area contributed by atoms with E-state index in [-0.39, 0.29) is 0 Å². The molecular formula is C9H18N2O2S. The van der Waals surface area contributed by atoms with Crippen molar-refractivity contribution >= 4 is 23.2 Å². The van der Waals surface area contributed by atoms with Gasteiger partial charge in [0.1, 0.15) is 0 Å². The second kappa shape index (κ2) is 5.26. The molecule has 0 aliphatic carbocycles. The number of carboxylic acid groups (broad SMARTS) is 1. The number of thiocarbonyl (C=S) groups is 1. The highest BCUT2D eigenvalue weighted by Gasteiger charge is 2.28. The van der Waals surface area contributed by atoms with Crippen LogP contribution in [0.1, 0.15) is 20.3 Å². The van der Waals surface area contributed by atoms with Gasteiger partial charge in [0.25, 0.3) is 0 Å². The molecule has 0 aromatic heterocycles. The van der Waals surface area contributed by atoms with Crippen molar-refractivity contribution in [3.05, 3.63) is 0 Å². The fourth-order valence-corrected chi connectivity index (χ4v) is 1.21. The highest BCUT2D eigenvalue weighted by Crippen LogP contribution is 2.16. The first kappa shape index (κ1) is 13.3. The van der Waals surface area contributed by atoms with E-state index in [1.54, 1.807) is 13.8 Å². The molecule has 5 heteroatoms. The summed E-state index contributed by atoms with van der Waals surface area (Å²) in [6.45, 7) is 4.59. The van der Waals surface area contributed by atoms with Gasteiger partial charge in [-0.05, 0) is 20.9 Å². The third-order valence-corrected chi connectivity index (χ3v) is 2.19. The molecule has 0 fully saturated rings. The van der Waals surface area contributed by atoms with E-state index in [4.69, 9.17) is 23.1 Å². The summed E-state index contributed by atoms with van der Waals surface area (Å²) in [4.78, 5) is 13.2. The van der Waals surface area contributed by atoms with Crippen molar-refractivity contribution in [1.82, 2.24) is 4.90 Å². The van der Waals surface area contributed by atoms with Crippen LogP contribution in [0.25, 0.3) is 0 Å². The Hall–Kier alpha value is -0.680. The first-order valence-electron chi connectivity index (χ1n) is 4.46. The number of carboxylic acids is 1. The van der Waals surface area contributed by atoms with E-state index in [9.17, 15) is 4.79 Å². The summed E-state index contributed by atoms with van der Waals surface area (Å²) in [5, 5.41) is 8.89. The highest BCUT2D eigenvalue weighted by molar-refractivity contribution is 7.80. The molecule has 0 atom stereocenters. The second-order valence-corrected chi connectivity index (χ2v) is 4.67. The normalized spacial score (nSPS) is 11.7. The van der Waals surface area contributed by atoms with Crippen molar-refractivity contribution in [2.24, 2.45) is 11.1 Å². The monoisotopic (exact) mass is 218 g/mol. The number of hydrogen-bond acceptors (Lipinski definition) is 3. The number of nitrogens with two attached hydrogens (primary N) is 1. The maximum atomic E-state index is 10.8. The molecule has 0 aromatic carbocycles. The molecule has 82 valence electrons. The van der Waals surface area contributed by atoms with E-state index in [1.807, 2.05) is 11.9 Å². The molecule has 0 saturated carbocycles. The van der Waals surface area contributed by atoms with E-state index in [0.717, 1.165) is 0 Å². The third kappa shape index (κ3) is 5.14. The number of hydrogen-bond donors (Lipinski definition) is 2. The quantitative estimate of drug-likeness (QED) is 0.643. The maximum Gasteiger partial charge on any atom is 0.310 e. The molecule has 0 aliphatic rings. The Morgan fingerprint density at radius 3 is 2.43 bits per heavy atom. The van der Waals surface area contributed by atoms with Gasteiger partial charge in [0.2, 0.25) is 0 Å². The molecule has 0 spiro atoms. The Bertz CT molecular complexity index is 229. The van der Waals surface area contributed by atoms with Crippen LogP contribution < -0.4 is 5.73 Å². The molecule has 0 unspecified atom stereocenters. The van der Waals surface area contributed by atoms with Crippen LogP contribution >= 0.6 is 12.2 Å². The summed E-state index contributed by atoms with van der Waals surface area (Å²) in [5.41, 5.74) is 4.62. The van der Waals surface area contributed by atoms with Gasteiger partial charge in [-0.2, -0.15) is 0 Å². The lowest BCUT2D eigenvalue weighted by Crippen LogP contribution is -2.38. The van der Waals surface area contributed by atoms with Gasteiger partial charge in [-0.3, -0.25) is 4.79 Å². The zero-order chi connectivity index (χ0) is 11.4. The Labute approximate surface area is 90.1 Å². The summed E-state index contributed by atoms with van der Waals surface area (Å²) in [6, 6.07) is 0. The minimum Gasteiger partial charge on any atom is -0.481 e. The van der Waals surface area contributed by atoms with Gasteiger partial charge in [-0.1, -0.05) is 12.2 Å². The molecule has 0 heterocycles. The molecule has 0 aromatic rings. The van der Waals surface area contributed by atoms with Crippen LogP contribution in [0, 0.1) is 5.41 Å². The lowest BCUT2D eigenvalue weighted by Gasteiger charge is -2.26. The summed E-state index contributed by atoms with van der Waals surface area (Å²) >= 11 is 4.74. The predicted molar refractivity (Wildman–Crippen MR) is 60.3 cm³/mol. The van der Waals surface area contributed by atoms with Gasteiger partial charge < -0.3 is 15.7 Å². The van der Waals surface area contributed by atoms with Crippen molar-refractivity contribution in [3.8, 4) is 0 Å². The van der Waals surface area contributed by atoms with Crippen molar-refractivity contribution in [2.75, 3.05) is 20.1 Å². The summed E-state index contributed by atoms with van der Waals surface area (Å²) < 4.78 is 0. The van der Waals surface area contributed by atoms with E-state index in [1.165, 1.54) is 0 Å². The van der Waals surface area contributed by atoms with E-state index in [2.05, 4.69) is 0 Å². The zero-order valence-corrected chi connectivity index (χ0v) is 9.73. The lowest BCUT2D eigenvalue weighted by atomic mass is 9.93. The smallest absolute Gasteiger partial charge is 0.310 e. The van der Waals surface area contributed by atoms with E-state index in [0.29, 0.717) is 24.5 Å². The predicted octanol–water partition coefficient (Wildman–Crippen LogP) is 0.705. The number of carbonyl (C=O) groups is 1. The second-order valence-electron chi connectivity index (χ2n) is 4.14. The van der Waals surface area contributed by atoms with Crippen molar-refractivity contribution < 1.29 is 9.90 Å². The third-order valence-electron chi connectivity index (χ3n) is 1.98. The van der Waals surface area contributed by atoms with E-state index >= 15 is 0 Å². The van der Waals surface area contributed by atoms with Crippen LogP contribution in [0.2, 0.25) is 0 Å². The van der Waals surface area contributed by atoms with Crippen molar-refractivity contribution in [2.45, 2.75) is 20.3 Å². The van der Waals surface area contributed by atoms with Crippen molar-refractivity contribution in [3.63, 3.8) is 0 Å². The Balaban J connectivity index is 3.99. The first-order valence-corrected chi connectivity index (χ1v) is 4.87. The first-order chi connectivity index (χ1) is 6.25. The topological polar surface area (TPSA) is 66.6 Å². The van der Waals surface area contributed by atoms with Gasteiger partial charge in [-0.15, -0.1) is 0 Å². The Morgan fingerprint density at radius 2 is 2.07 bits per heavy atom. The van der Waals surface area contributed by atoms with Crippen LogP contribution in [0.4, 0.5) is 0 Å². The minimum absolute atomic E-state index is 0.463. The number of nitrogens with zero attached hydrogens (tertiary/aromatic N) is 1. The fourth-order valence-electron chi connectivity index (χ4n) is 1.12. The summed E-state index contributed by atoms with van der Waals surface area (Å²) in [7, 11) is 1.86. The molecule has 3 N–H and O–H groups in total. The maximum absolute atomic E-state index is 10.8. The van der Waals surface area contributed by atoms with Gasteiger partial charge in [-0.25, -0.2) is 0 Å². The molecule has 0 amide bonds. The van der Waals surface area contributed by atoms with Gasteiger partial charge in [0.15, 0.2) is 0 Å². The van der Waals surface area contributed by atoms with Gasteiger partial charge in [0, 0.05) is 19.5 Å². The van der Waals surface area contributed by atoms with Crippen LogP contribution in [-0.4, -0.2) is 41.1 Å². The molecule has 0 aliphatic heterocycles. The zero-order valence-electron chi connectivity index (χ0n) is 8.91. The average Bonchev–Trinajstić information content (AvgIpc) is 1.99. The van der Waals surface area contributed by atoms with Gasteiger partial charge >= 0.3 is 5.97 Å². The SMILES string of the molecule is CN(CCC(N)=S)CC(C)(C)C(=O)O. The van der Waals surface area contributed by atoms with Crippen LogP contribution in [0.15, 0.2) is 0 Å². The Morgan fingerprint density at radius 1 is 1.57 bits per heavy atom. The van der Waals surface area contributed by atoms with Crippen LogP contribution in [-0.2, 0) is 4.79 Å². The standard InChI is InChI=1S/C9H18N2O2S/c1-9(2,8(12)13)6-11(3)5-4-7(10)14/h4-6H2,1-3H3,(H2,10,14)(H,12,13). The number of aliphatic carboxylic acids is 1. The molecule has 14 heavy (non-hydrogen) atoms. The van der Waals surface area contributed by atoms with Gasteiger partial charge in [0.05, 0.1) is 10.4 Å². The highest BCUT2D eigenvalue weighted by atomic mass is 32.1. The van der Waals surface area contributed by atoms with Crippen LogP contribution in [0.3, 0.4) is 0 Å². The largest absolute Gasteiger partial charge is 0.481 e. The minimum atomic E-state index is -0.792. The average molecular weight is 218 g/mol. The molecule has 0 rings (SSSR count). The fraction of sp³-hybridized carbons (Fsp3) is 0.778. The molecule has 4 nitrogen and oxygen atoms in total. The Kier molecular flexibility index (Phi) is 5.01. The van der Waals surface area contributed by atoms with E-state index < -0.39 is 11.4 Å². The van der Waals surface area contributed by atoms with Crippen molar-refractivity contribution in [1.29, 1.82) is 0 Å². The number of rotatable bonds is 6. The molecule has 0 saturated heterocycles. The summed E-state index contributed by atoms with van der Waals surface area (Å²) in [6.07, 6.45) is 0.627.